The lowest BCUT2D eigenvalue weighted by molar-refractivity contribution is -0.185. The van der Waals surface area contributed by atoms with Crippen LogP contribution < -0.4 is 0 Å². The second-order valence-electron chi connectivity index (χ2n) is 3.37. The third kappa shape index (κ3) is 2.65. The van der Waals surface area contributed by atoms with Crippen molar-refractivity contribution >= 4 is 11.9 Å². The van der Waals surface area contributed by atoms with Crippen molar-refractivity contribution in [2.75, 3.05) is 13.2 Å². The Balaban J connectivity index is 3.17. The second-order valence-corrected chi connectivity index (χ2v) is 3.37. The van der Waals surface area contributed by atoms with Gasteiger partial charge in [0.25, 0.3) is 0 Å². The Labute approximate surface area is 105 Å². The smallest absolute Gasteiger partial charge is 0.356 e. The number of aliphatic hydroxyl groups is 1. The molecular weight excluding hydrogens is 238 g/mol. The number of carbonyl (C=O) groups excluding carboxylic acids is 2. The van der Waals surface area contributed by atoms with Gasteiger partial charge in [-0.25, -0.2) is 9.59 Å². The highest BCUT2D eigenvalue weighted by Gasteiger charge is 2.50. The van der Waals surface area contributed by atoms with Gasteiger partial charge in [0.05, 0.1) is 18.9 Å². The molecule has 0 aliphatic rings. The van der Waals surface area contributed by atoms with Crippen molar-refractivity contribution in [1.29, 1.82) is 0 Å². The van der Waals surface area contributed by atoms with Gasteiger partial charge in [-0.2, -0.15) is 0 Å². The minimum absolute atomic E-state index is 0.0351. The molecule has 1 heterocycles. The molecular formula is C12H15NO5. The van der Waals surface area contributed by atoms with Crippen LogP contribution in [0.2, 0.25) is 0 Å². The van der Waals surface area contributed by atoms with E-state index in [0.29, 0.717) is 0 Å². The predicted molar refractivity (Wildman–Crippen MR) is 61.4 cm³/mol. The fourth-order valence-electron chi connectivity index (χ4n) is 1.34. The topological polar surface area (TPSA) is 85.7 Å². The monoisotopic (exact) mass is 253 g/mol. The SMILES string of the molecule is CCOC(=O)C(O)(C(=O)OCC)c1ccccn1. The molecule has 0 unspecified atom stereocenters. The lowest BCUT2D eigenvalue weighted by Gasteiger charge is -2.22. The van der Waals surface area contributed by atoms with E-state index >= 15 is 0 Å². The summed E-state index contributed by atoms with van der Waals surface area (Å²) in [7, 11) is 0. The zero-order valence-electron chi connectivity index (χ0n) is 10.3. The maximum Gasteiger partial charge on any atom is 0.356 e. The van der Waals surface area contributed by atoms with Gasteiger partial charge in [-0.05, 0) is 26.0 Å². The van der Waals surface area contributed by atoms with Crippen LogP contribution >= 0.6 is 0 Å². The lowest BCUT2D eigenvalue weighted by Crippen LogP contribution is -2.46. The molecule has 1 rings (SSSR count). The highest BCUT2D eigenvalue weighted by Crippen LogP contribution is 2.22. The van der Waals surface area contributed by atoms with E-state index in [9.17, 15) is 14.7 Å². The quantitative estimate of drug-likeness (QED) is 0.603. The van der Waals surface area contributed by atoms with Crippen molar-refractivity contribution in [2.45, 2.75) is 19.4 Å². The van der Waals surface area contributed by atoms with Crippen LogP contribution in [0.5, 0.6) is 0 Å². The zero-order chi connectivity index (χ0) is 13.6. The van der Waals surface area contributed by atoms with Gasteiger partial charge in [-0.15, -0.1) is 0 Å². The predicted octanol–water partition coefficient (Wildman–Crippen LogP) is 0.395. The first-order valence-electron chi connectivity index (χ1n) is 5.55. The van der Waals surface area contributed by atoms with Crippen LogP contribution in [-0.4, -0.2) is 35.2 Å². The Morgan fingerprint density at radius 2 is 1.78 bits per heavy atom. The summed E-state index contributed by atoms with van der Waals surface area (Å²) in [6.45, 7) is 3.21. The van der Waals surface area contributed by atoms with E-state index in [1.165, 1.54) is 12.3 Å². The molecule has 0 spiro atoms. The molecule has 1 N–H and O–H groups in total. The van der Waals surface area contributed by atoms with Gasteiger partial charge in [0.2, 0.25) is 0 Å². The summed E-state index contributed by atoms with van der Waals surface area (Å²) in [6.07, 6.45) is 1.36. The van der Waals surface area contributed by atoms with E-state index in [1.807, 2.05) is 0 Å². The lowest BCUT2D eigenvalue weighted by atomic mass is 9.99. The highest BCUT2D eigenvalue weighted by atomic mass is 16.6. The standard InChI is InChI=1S/C12H15NO5/c1-3-17-10(14)12(16,11(15)18-4-2)9-7-5-6-8-13-9/h5-8,16H,3-4H2,1-2H3. The van der Waals surface area contributed by atoms with E-state index in [0.717, 1.165) is 0 Å². The third-order valence-corrected chi connectivity index (χ3v) is 2.18. The molecule has 1 aromatic heterocycles. The number of hydrogen-bond acceptors (Lipinski definition) is 6. The molecule has 6 nitrogen and oxygen atoms in total. The summed E-state index contributed by atoms with van der Waals surface area (Å²) in [6, 6.07) is 4.50. The molecule has 18 heavy (non-hydrogen) atoms. The Hall–Kier alpha value is -1.95. The average Bonchev–Trinajstić information content (AvgIpc) is 2.39. The summed E-state index contributed by atoms with van der Waals surface area (Å²) < 4.78 is 9.40. The van der Waals surface area contributed by atoms with E-state index < -0.39 is 17.5 Å². The van der Waals surface area contributed by atoms with Crippen molar-refractivity contribution < 1.29 is 24.2 Å². The molecule has 6 heteroatoms. The minimum Gasteiger partial charge on any atom is -0.463 e. The number of rotatable bonds is 5. The van der Waals surface area contributed by atoms with Crippen molar-refractivity contribution in [1.82, 2.24) is 4.98 Å². The minimum atomic E-state index is -2.52. The molecule has 0 amide bonds. The van der Waals surface area contributed by atoms with Gasteiger partial charge < -0.3 is 14.6 Å². The molecule has 0 bridgehead atoms. The fourth-order valence-corrected chi connectivity index (χ4v) is 1.34. The Kier molecular flexibility index (Phi) is 4.79. The van der Waals surface area contributed by atoms with Crippen LogP contribution in [0.3, 0.4) is 0 Å². The molecule has 0 fully saturated rings. The third-order valence-electron chi connectivity index (χ3n) is 2.18. The van der Waals surface area contributed by atoms with Crippen LogP contribution in [0.15, 0.2) is 24.4 Å². The highest BCUT2D eigenvalue weighted by molar-refractivity contribution is 6.03. The molecule has 0 radical (unpaired) electrons. The first-order chi connectivity index (χ1) is 8.57. The van der Waals surface area contributed by atoms with Crippen LogP contribution in [0.1, 0.15) is 19.5 Å². The Morgan fingerprint density at radius 1 is 1.22 bits per heavy atom. The zero-order valence-corrected chi connectivity index (χ0v) is 10.3. The largest absolute Gasteiger partial charge is 0.463 e. The number of hydrogen-bond donors (Lipinski definition) is 1. The maximum absolute atomic E-state index is 11.8. The molecule has 0 saturated heterocycles. The van der Waals surface area contributed by atoms with Crippen LogP contribution in [0, 0.1) is 0 Å². The number of esters is 2. The molecule has 0 atom stereocenters. The van der Waals surface area contributed by atoms with Crippen molar-refractivity contribution in [2.24, 2.45) is 0 Å². The summed E-state index contributed by atoms with van der Waals surface area (Å²) in [5, 5.41) is 10.3. The average molecular weight is 253 g/mol. The van der Waals surface area contributed by atoms with E-state index in [2.05, 4.69) is 4.98 Å². The summed E-state index contributed by atoms with van der Waals surface area (Å²) in [5.74, 6) is -2.19. The summed E-state index contributed by atoms with van der Waals surface area (Å²) in [5.41, 5.74) is -2.64. The van der Waals surface area contributed by atoms with Crippen LogP contribution in [0.4, 0.5) is 0 Å². The number of aromatic nitrogens is 1. The number of carbonyl (C=O) groups is 2. The second kappa shape index (κ2) is 6.11. The maximum atomic E-state index is 11.8. The van der Waals surface area contributed by atoms with Crippen molar-refractivity contribution in [3.63, 3.8) is 0 Å². The van der Waals surface area contributed by atoms with Gasteiger partial charge in [0.1, 0.15) is 0 Å². The van der Waals surface area contributed by atoms with Crippen molar-refractivity contribution in [3.8, 4) is 0 Å². The van der Waals surface area contributed by atoms with Gasteiger partial charge in [-0.3, -0.25) is 4.98 Å². The summed E-state index contributed by atoms with van der Waals surface area (Å²) in [4.78, 5) is 27.3. The first-order valence-corrected chi connectivity index (χ1v) is 5.55. The molecule has 0 aliphatic carbocycles. The normalized spacial score (nSPS) is 10.8. The van der Waals surface area contributed by atoms with Crippen LogP contribution in [0.25, 0.3) is 0 Å². The Morgan fingerprint density at radius 3 is 2.17 bits per heavy atom. The van der Waals surface area contributed by atoms with Crippen molar-refractivity contribution in [3.05, 3.63) is 30.1 Å². The van der Waals surface area contributed by atoms with Gasteiger partial charge in [0.15, 0.2) is 0 Å². The van der Waals surface area contributed by atoms with E-state index in [-0.39, 0.29) is 18.9 Å². The molecule has 98 valence electrons. The Bertz CT molecular complexity index is 400. The molecule has 0 saturated carbocycles. The molecule has 1 aromatic rings. The van der Waals surface area contributed by atoms with E-state index in [4.69, 9.17) is 9.47 Å². The number of pyridine rings is 1. The molecule has 0 aromatic carbocycles. The first kappa shape index (κ1) is 14.1. The number of nitrogens with zero attached hydrogens (tertiary/aromatic N) is 1. The van der Waals surface area contributed by atoms with Gasteiger partial charge in [0, 0.05) is 6.20 Å². The van der Waals surface area contributed by atoms with Crippen LogP contribution in [-0.2, 0) is 24.7 Å². The fraction of sp³-hybridized carbons (Fsp3) is 0.417. The number of ether oxygens (including phenoxy) is 2. The van der Waals surface area contributed by atoms with Gasteiger partial charge in [-0.1, -0.05) is 6.07 Å². The van der Waals surface area contributed by atoms with Gasteiger partial charge >= 0.3 is 17.5 Å². The van der Waals surface area contributed by atoms with E-state index in [1.54, 1.807) is 26.0 Å². The summed E-state index contributed by atoms with van der Waals surface area (Å²) >= 11 is 0. The molecule has 0 aliphatic heterocycles.